The first-order chi connectivity index (χ1) is 16.0. The molecule has 0 aliphatic carbocycles. The van der Waals surface area contributed by atoms with Gasteiger partial charge in [0.15, 0.2) is 5.16 Å². The third-order valence-electron chi connectivity index (χ3n) is 5.52. The molecule has 1 fully saturated rings. The smallest absolute Gasteiger partial charge is 0.272 e. The minimum atomic E-state index is -0.379. The van der Waals surface area contributed by atoms with Gasteiger partial charge in [-0.1, -0.05) is 17.8 Å². The van der Waals surface area contributed by atoms with Crippen LogP contribution in [0.1, 0.15) is 18.4 Å². The SMILES string of the molecule is Cc1ccc(NC(=O)CSc2nc3c(sc4ncccc43)c(=O)n2C[C@@H]2CCCO2)cc1F. The fourth-order valence-electron chi connectivity index (χ4n) is 3.80. The number of hydrogen-bond donors (Lipinski definition) is 1. The molecule has 0 bridgehead atoms. The second-order valence-corrected chi connectivity index (χ2v) is 9.82. The summed E-state index contributed by atoms with van der Waals surface area (Å²) in [5.74, 6) is -0.659. The number of thiophene rings is 1. The summed E-state index contributed by atoms with van der Waals surface area (Å²) in [5, 5.41) is 3.98. The van der Waals surface area contributed by atoms with Crippen LogP contribution in [0.4, 0.5) is 10.1 Å². The second-order valence-electron chi connectivity index (χ2n) is 7.88. The lowest BCUT2D eigenvalue weighted by atomic mass is 10.2. The summed E-state index contributed by atoms with van der Waals surface area (Å²) < 4.78 is 21.7. The van der Waals surface area contributed by atoms with Crippen molar-refractivity contribution in [2.45, 2.75) is 37.6 Å². The maximum atomic E-state index is 13.8. The van der Waals surface area contributed by atoms with Gasteiger partial charge in [-0.05, 0) is 49.6 Å². The Labute approximate surface area is 197 Å². The van der Waals surface area contributed by atoms with Crippen LogP contribution in [0.15, 0.2) is 46.5 Å². The van der Waals surface area contributed by atoms with Gasteiger partial charge in [0.05, 0.1) is 23.9 Å². The van der Waals surface area contributed by atoms with Crippen molar-refractivity contribution in [1.82, 2.24) is 14.5 Å². The van der Waals surface area contributed by atoms with E-state index in [0.717, 1.165) is 23.1 Å². The highest BCUT2D eigenvalue weighted by Crippen LogP contribution is 2.31. The lowest BCUT2D eigenvalue weighted by Gasteiger charge is -2.15. The Balaban J connectivity index is 1.45. The zero-order chi connectivity index (χ0) is 22.9. The number of hydrogen-bond acceptors (Lipinski definition) is 7. The molecule has 1 saturated heterocycles. The predicted molar refractivity (Wildman–Crippen MR) is 129 cm³/mol. The van der Waals surface area contributed by atoms with Gasteiger partial charge in [0, 0.05) is 23.9 Å². The first-order valence-corrected chi connectivity index (χ1v) is 12.4. The van der Waals surface area contributed by atoms with Gasteiger partial charge in [0.2, 0.25) is 5.91 Å². The highest BCUT2D eigenvalue weighted by atomic mass is 32.2. The molecule has 1 amide bonds. The number of aryl methyl sites for hydroxylation is 1. The van der Waals surface area contributed by atoms with Crippen LogP contribution in [0.25, 0.3) is 20.4 Å². The molecule has 1 aliphatic heterocycles. The minimum absolute atomic E-state index is 0.0271. The molecule has 0 radical (unpaired) electrons. The molecule has 0 unspecified atom stereocenters. The van der Waals surface area contributed by atoms with Crippen molar-refractivity contribution in [3.8, 4) is 0 Å². The van der Waals surface area contributed by atoms with Gasteiger partial charge in [0.1, 0.15) is 15.3 Å². The van der Waals surface area contributed by atoms with Gasteiger partial charge in [-0.2, -0.15) is 0 Å². The van der Waals surface area contributed by atoms with Crippen LogP contribution in [0.3, 0.4) is 0 Å². The van der Waals surface area contributed by atoms with Crippen LogP contribution in [0.5, 0.6) is 0 Å². The van der Waals surface area contributed by atoms with Gasteiger partial charge in [-0.15, -0.1) is 11.3 Å². The number of benzene rings is 1. The first kappa shape index (κ1) is 22.0. The molecule has 1 N–H and O–H groups in total. The number of rotatable bonds is 6. The van der Waals surface area contributed by atoms with E-state index >= 15 is 0 Å². The molecule has 0 spiro atoms. The molecule has 1 aromatic carbocycles. The van der Waals surface area contributed by atoms with Crippen molar-refractivity contribution < 1.29 is 13.9 Å². The van der Waals surface area contributed by atoms with E-state index in [2.05, 4.69) is 10.3 Å². The Morgan fingerprint density at radius 1 is 1.39 bits per heavy atom. The predicted octanol–water partition coefficient (Wildman–Crippen LogP) is 4.36. The molecule has 10 heteroatoms. The van der Waals surface area contributed by atoms with Crippen LogP contribution in [0.2, 0.25) is 0 Å². The quantitative estimate of drug-likeness (QED) is 0.323. The number of nitrogens with one attached hydrogen (secondary N) is 1. The summed E-state index contributed by atoms with van der Waals surface area (Å²) in [7, 11) is 0. The fraction of sp³-hybridized carbons (Fsp3) is 0.304. The van der Waals surface area contributed by atoms with Gasteiger partial charge >= 0.3 is 0 Å². The molecule has 3 aromatic heterocycles. The van der Waals surface area contributed by atoms with Crippen LogP contribution < -0.4 is 10.9 Å². The van der Waals surface area contributed by atoms with Crippen molar-refractivity contribution in [3.63, 3.8) is 0 Å². The number of fused-ring (bicyclic) bond motifs is 3. The molecule has 5 rings (SSSR count). The lowest BCUT2D eigenvalue weighted by molar-refractivity contribution is -0.113. The van der Waals surface area contributed by atoms with Crippen molar-refractivity contribution in [3.05, 3.63) is 58.3 Å². The monoisotopic (exact) mass is 484 g/mol. The van der Waals surface area contributed by atoms with E-state index in [-0.39, 0.29) is 29.1 Å². The third kappa shape index (κ3) is 4.50. The number of carbonyl (C=O) groups is 1. The Kier molecular flexibility index (Phi) is 6.13. The van der Waals surface area contributed by atoms with Gasteiger partial charge < -0.3 is 10.1 Å². The summed E-state index contributed by atoms with van der Waals surface area (Å²) in [6.45, 7) is 2.73. The van der Waals surface area contributed by atoms with E-state index in [1.165, 1.54) is 29.2 Å². The number of aromatic nitrogens is 3. The summed E-state index contributed by atoms with van der Waals surface area (Å²) in [5.41, 5.74) is 1.34. The van der Waals surface area contributed by atoms with Crippen LogP contribution in [-0.4, -0.2) is 38.9 Å². The van der Waals surface area contributed by atoms with E-state index < -0.39 is 0 Å². The van der Waals surface area contributed by atoms with E-state index in [1.807, 2.05) is 12.1 Å². The largest absolute Gasteiger partial charge is 0.376 e. The van der Waals surface area contributed by atoms with E-state index in [1.54, 1.807) is 29.8 Å². The average molecular weight is 485 g/mol. The van der Waals surface area contributed by atoms with Crippen molar-refractivity contribution in [2.24, 2.45) is 0 Å². The summed E-state index contributed by atoms with van der Waals surface area (Å²) in [6.07, 6.45) is 3.47. The second kappa shape index (κ2) is 9.20. The van der Waals surface area contributed by atoms with Gasteiger partial charge in [-0.25, -0.2) is 14.4 Å². The number of nitrogens with zero attached hydrogens (tertiary/aromatic N) is 3. The van der Waals surface area contributed by atoms with Gasteiger partial charge in [0.25, 0.3) is 5.56 Å². The minimum Gasteiger partial charge on any atom is -0.376 e. The molecular weight excluding hydrogens is 463 g/mol. The third-order valence-corrected chi connectivity index (χ3v) is 7.58. The van der Waals surface area contributed by atoms with Gasteiger partial charge in [-0.3, -0.25) is 14.2 Å². The Morgan fingerprint density at radius 2 is 2.27 bits per heavy atom. The highest BCUT2D eigenvalue weighted by molar-refractivity contribution is 7.99. The van der Waals surface area contributed by atoms with Crippen LogP contribution >= 0.6 is 23.1 Å². The molecular formula is C23H21FN4O3S2. The molecule has 4 aromatic rings. The zero-order valence-electron chi connectivity index (χ0n) is 17.8. The number of thioether (sulfide) groups is 1. The molecule has 7 nitrogen and oxygen atoms in total. The molecule has 0 saturated carbocycles. The number of halogens is 1. The van der Waals surface area contributed by atoms with E-state index in [4.69, 9.17) is 9.72 Å². The fourth-order valence-corrected chi connectivity index (χ4v) is 5.63. The first-order valence-electron chi connectivity index (χ1n) is 10.6. The molecule has 170 valence electrons. The van der Waals surface area contributed by atoms with Crippen LogP contribution in [0, 0.1) is 12.7 Å². The molecule has 1 atom stereocenters. The zero-order valence-corrected chi connectivity index (χ0v) is 19.5. The maximum absolute atomic E-state index is 13.8. The Bertz CT molecular complexity index is 1410. The number of ether oxygens (including phenoxy) is 1. The average Bonchev–Trinajstić information content (AvgIpc) is 3.45. The van der Waals surface area contributed by atoms with E-state index in [0.29, 0.717) is 39.8 Å². The van der Waals surface area contributed by atoms with E-state index in [9.17, 15) is 14.0 Å². The molecule has 4 heterocycles. The number of pyridine rings is 1. The topological polar surface area (TPSA) is 86.1 Å². The van der Waals surface area contributed by atoms with Crippen LogP contribution in [-0.2, 0) is 16.1 Å². The molecule has 1 aliphatic rings. The standard InChI is InChI=1S/C23H21FN4O3S2/c1-13-6-7-14(10-17(13)24)26-18(29)12-32-23-27-19-16-5-2-8-25-21(16)33-20(19)22(30)28(23)11-15-4-3-9-31-15/h2,5-8,10,15H,3-4,9,11-12H2,1H3,(H,26,29)/t15-/m0/s1. The number of anilines is 1. The summed E-state index contributed by atoms with van der Waals surface area (Å²) in [4.78, 5) is 35.8. The summed E-state index contributed by atoms with van der Waals surface area (Å²) in [6, 6.07) is 8.27. The highest BCUT2D eigenvalue weighted by Gasteiger charge is 2.22. The lowest BCUT2D eigenvalue weighted by Crippen LogP contribution is -2.28. The van der Waals surface area contributed by atoms with Crippen molar-refractivity contribution in [2.75, 3.05) is 17.7 Å². The Morgan fingerprint density at radius 3 is 3.06 bits per heavy atom. The molecule has 33 heavy (non-hydrogen) atoms. The maximum Gasteiger partial charge on any atom is 0.272 e. The van der Waals surface area contributed by atoms with Crippen molar-refractivity contribution >= 4 is 55.1 Å². The normalized spacial score (nSPS) is 16.0. The summed E-state index contributed by atoms with van der Waals surface area (Å²) >= 11 is 2.51. The van der Waals surface area contributed by atoms with Crippen molar-refractivity contribution in [1.29, 1.82) is 0 Å². The number of carbonyl (C=O) groups excluding carboxylic acids is 1. The Hall–Kier alpha value is -2.82. The number of amides is 1.